The van der Waals surface area contributed by atoms with Crippen LogP contribution in [0.4, 0.5) is 5.82 Å². The van der Waals surface area contributed by atoms with Gasteiger partial charge in [-0.2, -0.15) is 0 Å². The summed E-state index contributed by atoms with van der Waals surface area (Å²) < 4.78 is 1.86. The van der Waals surface area contributed by atoms with E-state index < -0.39 is 0 Å². The van der Waals surface area contributed by atoms with Crippen LogP contribution in [-0.2, 0) is 13.6 Å². The van der Waals surface area contributed by atoms with Gasteiger partial charge in [-0.05, 0) is 18.6 Å². The van der Waals surface area contributed by atoms with Crippen molar-refractivity contribution in [3.05, 3.63) is 41.1 Å². The first kappa shape index (κ1) is 15.3. The Morgan fingerprint density at radius 2 is 2.24 bits per heavy atom. The van der Waals surface area contributed by atoms with Crippen LogP contribution in [0.25, 0.3) is 0 Å². The molecule has 0 aliphatic rings. The largest absolute Gasteiger partial charge is 0.370 e. The van der Waals surface area contributed by atoms with E-state index in [1.807, 2.05) is 17.8 Å². The number of carbonyl (C=O) groups excluding carboxylic acids is 1. The fourth-order valence-corrected chi connectivity index (χ4v) is 2.01. The molecule has 2 N–H and O–H groups in total. The van der Waals surface area contributed by atoms with Gasteiger partial charge in [0.2, 0.25) is 0 Å². The molecule has 6 nitrogen and oxygen atoms in total. The number of halogens is 1. The summed E-state index contributed by atoms with van der Waals surface area (Å²) in [5, 5.41) is 6.22. The number of aryl methyl sites for hydroxylation is 1. The second kappa shape index (κ2) is 7.08. The predicted molar refractivity (Wildman–Crippen MR) is 82.4 cm³/mol. The first-order chi connectivity index (χ1) is 10.1. The Balaban J connectivity index is 2.04. The lowest BCUT2D eigenvalue weighted by Crippen LogP contribution is -2.24. The van der Waals surface area contributed by atoms with Gasteiger partial charge in [0.25, 0.3) is 5.91 Å². The summed E-state index contributed by atoms with van der Waals surface area (Å²) in [5.74, 6) is 1.18. The molecule has 0 atom stereocenters. The Hall–Kier alpha value is -2.08. The average Bonchev–Trinajstić information content (AvgIpc) is 2.87. The third kappa shape index (κ3) is 4.19. The van der Waals surface area contributed by atoms with E-state index >= 15 is 0 Å². The van der Waals surface area contributed by atoms with Crippen LogP contribution in [0.5, 0.6) is 0 Å². The highest BCUT2D eigenvalue weighted by molar-refractivity contribution is 6.29. The zero-order chi connectivity index (χ0) is 15.2. The Bertz CT molecular complexity index is 626. The molecule has 0 fully saturated rings. The van der Waals surface area contributed by atoms with Crippen molar-refractivity contribution in [3.8, 4) is 0 Å². The molecular weight excluding hydrogens is 290 g/mol. The van der Waals surface area contributed by atoms with Gasteiger partial charge in [0.05, 0.1) is 6.54 Å². The van der Waals surface area contributed by atoms with Gasteiger partial charge in [0, 0.05) is 31.5 Å². The average molecular weight is 308 g/mol. The fraction of sp³-hybridized carbons (Fsp3) is 0.357. The topological polar surface area (TPSA) is 71.8 Å². The van der Waals surface area contributed by atoms with Crippen LogP contribution in [0.15, 0.2) is 24.5 Å². The lowest BCUT2D eigenvalue weighted by atomic mass is 10.2. The van der Waals surface area contributed by atoms with Crippen LogP contribution in [0.2, 0.25) is 5.15 Å². The molecule has 0 spiro atoms. The van der Waals surface area contributed by atoms with Crippen molar-refractivity contribution in [2.24, 2.45) is 7.05 Å². The summed E-state index contributed by atoms with van der Waals surface area (Å²) >= 11 is 5.95. The molecule has 2 heterocycles. The number of hydrogen-bond acceptors (Lipinski definition) is 4. The SMILES string of the molecule is CCCNc1cc(C(=O)NCc2nccn2C)cc(Cl)n1. The molecule has 1 amide bonds. The second-order valence-electron chi connectivity index (χ2n) is 4.63. The van der Waals surface area contributed by atoms with Crippen LogP contribution < -0.4 is 10.6 Å². The number of anilines is 1. The molecule has 0 aliphatic carbocycles. The summed E-state index contributed by atoms with van der Waals surface area (Å²) in [6.07, 6.45) is 4.49. The maximum atomic E-state index is 12.2. The Kier molecular flexibility index (Phi) is 5.16. The monoisotopic (exact) mass is 307 g/mol. The minimum Gasteiger partial charge on any atom is -0.370 e. The first-order valence-electron chi connectivity index (χ1n) is 6.76. The van der Waals surface area contributed by atoms with E-state index in [0.29, 0.717) is 23.1 Å². The molecule has 0 saturated heterocycles. The van der Waals surface area contributed by atoms with Gasteiger partial charge in [-0.25, -0.2) is 9.97 Å². The highest BCUT2D eigenvalue weighted by Gasteiger charge is 2.10. The lowest BCUT2D eigenvalue weighted by Gasteiger charge is -2.08. The van der Waals surface area contributed by atoms with Crippen LogP contribution >= 0.6 is 11.6 Å². The maximum absolute atomic E-state index is 12.2. The molecular formula is C14H18ClN5O. The lowest BCUT2D eigenvalue weighted by molar-refractivity contribution is 0.0949. The fourth-order valence-electron chi connectivity index (χ4n) is 1.80. The quantitative estimate of drug-likeness (QED) is 0.803. The van der Waals surface area contributed by atoms with E-state index in [9.17, 15) is 4.79 Å². The van der Waals surface area contributed by atoms with E-state index in [2.05, 4.69) is 27.5 Å². The molecule has 0 aliphatic heterocycles. The van der Waals surface area contributed by atoms with E-state index in [1.54, 1.807) is 18.3 Å². The number of nitrogens with zero attached hydrogens (tertiary/aromatic N) is 3. The number of carbonyl (C=O) groups is 1. The molecule has 0 aromatic carbocycles. The molecule has 0 bridgehead atoms. The smallest absolute Gasteiger partial charge is 0.251 e. The van der Waals surface area contributed by atoms with Crippen molar-refractivity contribution >= 4 is 23.3 Å². The van der Waals surface area contributed by atoms with Crippen molar-refractivity contribution in [3.63, 3.8) is 0 Å². The highest BCUT2D eigenvalue weighted by Crippen LogP contribution is 2.14. The van der Waals surface area contributed by atoms with Crippen molar-refractivity contribution in [1.82, 2.24) is 19.9 Å². The summed E-state index contributed by atoms with van der Waals surface area (Å²) in [6.45, 7) is 3.19. The molecule has 2 rings (SSSR count). The minimum absolute atomic E-state index is 0.207. The van der Waals surface area contributed by atoms with Crippen molar-refractivity contribution in [2.75, 3.05) is 11.9 Å². The summed E-state index contributed by atoms with van der Waals surface area (Å²) in [7, 11) is 1.88. The van der Waals surface area contributed by atoms with E-state index in [0.717, 1.165) is 18.8 Å². The Morgan fingerprint density at radius 1 is 1.43 bits per heavy atom. The van der Waals surface area contributed by atoms with E-state index in [-0.39, 0.29) is 5.91 Å². The van der Waals surface area contributed by atoms with Gasteiger partial charge in [-0.1, -0.05) is 18.5 Å². The third-order valence-corrected chi connectivity index (χ3v) is 3.13. The Morgan fingerprint density at radius 3 is 2.90 bits per heavy atom. The normalized spacial score (nSPS) is 10.4. The van der Waals surface area contributed by atoms with Gasteiger partial charge in [0.15, 0.2) is 0 Å². The molecule has 21 heavy (non-hydrogen) atoms. The molecule has 2 aromatic heterocycles. The molecule has 7 heteroatoms. The van der Waals surface area contributed by atoms with Crippen molar-refractivity contribution < 1.29 is 4.79 Å². The minimum atomic E-state index is -0.207. The molecule has 112 valence electrons. The first-order valence-corrected chi connectivity index (χ1v) is 7.13. The van der Waals surface area contributed by atoms with E-state index in [4.69, 9.17) is 11.6 Å². The standard InChI is InChI=1S/C14H18ClN5O/c1-3-4-16-12-8-10(7-11(15)19-12)14(21)18-9-13-17-5-6-20(13)2/h5-8H,3-4,9H2,1-2H3,(H,16,19)(H,18,21). The van der Waals surface area contributed by atoms with E-state index in [1.165, 1.54) is 0 Å². The summed E-state index contributed by atoms with van der Waals surface area (Å²) in [4.78, 5) is 20.5. The highest BCUT2D eigenvalue weighted by atomic mass is 35.5. The number of imidazole rings is 1. The third-order valence-electron chi connectivity index (χ3n) is 2.94. The molecule has 0 unspecified atom stereocenters. The number of rotatable bonds is 6. The zero-order valence-electron chi connectivity index (χ0n) is 12.1. The van der Waals surface area contributed by atoms with Crippen LogP contribution in [0.1, 0.15) is 29.5 Å². The maximum Gasteiger partial charge on any atom is 0.251 e. The van der Waals surface area contributed by atoms with Crippen molar-refractivity contribution in [2.45, 2.75) is 19.9 Å². The zero-order valence-corrected chi connectivity index (χ0v) is 12.8. The molecule has 2 aromatic rings. The van der Waals surface area contributed by atoms with Crippen LogP contribution in [0.3, 0.4) is 0 Å². The van der Waals surface area contributed by atoms with Gasteiger partial charge in [-0.3, -0.25) is 4.79 Å². The number of amides is 1. The van der Waals surface area contributed by atoms with Gasteiger partial charge < -0.3 is 15.2 Å². The van der Waals surface area contributed by atoms with Crippen LogP contribution in [-0.4, -0.2) is 27.0 Å². The summed E-state index contributed by atoms with van der Waals surface area (Å²) in [6, 6.07) is 3.24. The van der Waals surface area contributed by atoms with Crippen LogP contribution in [0, 0.1) is 0 Å². The number of hydrogen-bond donors (Lipinski definition) is 2. The number of pyridine rings is 1. The number of nitrogens with one attached hydrogen (secondary N) is 2. The van der Waals surface area contributed by atoms with Gasteiger partial charge in [0.1, 0.15) is 16.8 Å². The summed E-state index contributed by atoms with van der Waals surface area (Å²) in [5.41, 5.74) is 0.475. The van der Waals surface area contributed by atoms with Gasteiger partial charge >= 0.3 is 0 Å². The van der Waals surface area contributed by atoms with Gasteiger partial charge in [-0.15, -0.1) is 0 Å². The number of aromatic nitrogens is 3. The van der Waals surface area contributed by atoms with Crippen molar-refractivity contribution in [1.29, 1.82) is 0 Å². The molecule has 0 radical (unpaired) electrons. The molecule has 0 saturated carbocycles. The second-order valence-corrected chi connectivity index (χ2v) is 5.01. The predicted octanol–water partition coefficient (Wildman–Crippen LogP) is 2.22. The Labute approximate surface area is 128 Å².